The molecule has 2 amide bonds. The van der Waals surface area contributed by atoms with Crippen molar-refractivity contribution < 1.29 is 23.8 Å². The van der Waals surface area contributed by atoms with Crippen molar-refractivity contribution in [3.63, 3.8) is 0 Å². The molecule has 1 aromatic rings. The lowest BCUT2D eigenvalue weighted by Crippen LogP contribution is -2.30. The maximum atomic E-state index is 11.6. The summed E-state index contributed by atoms with van der Waals surface area (Å²) in [6, 6.07) is 2.16. The summed E-state index contributed by atoms with van der Waals surface area (Å²) < 4.78 is 4.65. The van der Waals surface area contributed by atoms with E-state index in [1.807, 2.05) is 0 Å². The second kappa shape index (κ2) is 3.74. The van der Waals surface area contributed by atoms with Gasteiger partial charge in [-0.25, -0.2) is 0 Å². The predicted molar refractivity (Wildman–Crippen MR) is 47.1 cm³/mol. The standard InChI is InChI=1S/C8H6N2O6/c11-6-3-4-15-9(6)8(12)5-1-2-7(16-5)10(13)14/h1-2H,3-4H2. The Kier molecular flexibility index (Phi) is 2.41. The molecule has 0 aliphatic carbocycles. The van der Waals surface area contributed by atoms with Gasteiger partial charge in [0.2, 0.25) is 5.76 Å². The van der Waals surface area contributed by atoms with Crippen LogP contribution < -0.4 is 0 Å². The van der Waals surface area contributed by atoms with E-state index in [0.717, 1.165) is 12.1 Å². The minimum Gasteiger partial charge on any atom is -0.395 e. The molecule has 2 rings (SSSR count). The lowest BCUT2D eigenvalue weighted by Gasteiger charge is -2.08. The second-order valence-electron chi connectivity index (χ2n) is 2.97. The van der Waals surface area contributed by atoms with Gasteiger partial charge in [-0.15, -0.1) is 5.06 Å². The molecule has 16 heavy (non-hydrogen) atoms. The van der Waals surface area contributed by atoms with Crippen molar-refractivity contribution in [1.29, 1.82) is 0 Å². The number of nitro groups is 1. The first kappa shape index (κ1) is 10.3. The molecule has 0 N–H and O–H groups in total. The van der Waals surface area contributed by atoms with Crippen LogP contribution in [0.4, 0.5) is 5.88 Å². The molecule has 0 unspecified atom stereocenters. The van der Waals surface area contributed by atoms with Gasteiger partial charge in [0.15, 0.2) is 0 Å². The smallest absolute Gasteiger partial charge is 0.395 e. The zero-order valence-corrected chi connectivity index (χ0v) is 7.91. The highest BCUT2D eigenvalue weighted by Gasteiger charge is 2.32. The fourth-order valence-electron chi connectivity index (χ4n) is 1.21. The fourth-order valence-corrected chi connectivity index (χ4v) is 1.21. The van der Waals surface area contributed by atoms with Gasteiger partial charge in [0.1, 0.15) is 4.92 Å². The van der Waals surface area contributed by atoms with Crippen LogP contribution in [0.2, 0.25) is 0 Å². The SMILES string of the molecule is O=C1CCON1C(=O)c1ccc([N+](=O)[O-])o1. The summed E-state index contributed by atoms with van der Waals surface area (Å²) in [7, 11) is 0. The van der Waals surface area contributed by atoms with Crippen LogP contribution in [-0.2, 0) is 9.63 Å². The first-order valence-corrected chi connectivity index (χ1v) is 4.34. The molecule has 1 fully saturated rings. The van der Waals surface area contributed by atoms with Gasteiger partial charge in [0.05, 0.1) is 19.1 Å². The third kappa shape index (κ3) is 1.65. The van der Waals surface area contributed by atoms with Crippen LogP contribution in [0.25, 0.3) is 0 Å². The molecular weight excluding hydrogens is 220 g/mol. The third-order valence-electron chi connectivity index (χ3n) is 1.93. The molecule has 1 aromatic heterocycles. The van der Waals surface area contributed by atoms with Gasteiger partial charge in [0, 0.05) is 0 Å². The second-order valence-corrected chi connectivity index (χ2v) is 2.97. The normalized spacial score (nSPS) is 15.5. The van der Waals surface area contributed by atoms with E-state index in [4.69, 9.17) is 4.84 Å². The molecule has 1 aliphatic heterocycles. The van der Waals surface area contributed by atoms with Crippen molar-refractivity contribution in [2.24, 2.45) is 0 Å². The van der Waals surface area contributed by atoms with E-state index < -0.39 is 22.6 Å². The van der Waals surface area contributed by atoms with Crippen molar-refractivity contribution in [3.05, 3.63) is 28.0 Å². The molecule has 0 spiro atoms. The number of nitrogens with zero attached hydrogens (tertiary/aromatic N) is 2. The molecule has 0 aromatic carbocycles. The summed E-state index contributed by atoms with van der Waals surface area (Å²) in [5.74, 6) is -2.20. The van der Waals surface area contributed by atoms with Crippen LogP contribution in [0.15, 0.2) is 16.5 Å². The number of hydroxylamine groups is 2. The van der Waals surface area contributed by atoms with Gasteiger partial charge in [-0.1, -0.05) is 0 Å². The summed E-state index contributed by atoms with van der Waals surface area (Å²) in [5.41, 5.74) is 0. The van der Waals surface area contributed by atoms with Crippen LogP contribution in [0.5, 0.6) is 0 Å². The van der Waals surface area contributed by atoms with E-state index in [2.05, 4.69) is 4.42 Å². The molecule has 0 radical (unpaired) electrons. The number of imide groups is 1. The van der Waals surface area contributed by atoms with Gasteiger partial charge >= 0.3 is 11.8 Å². The first-order valence-electron chi connectivity index (χ1n) is 4.34. The van der Waals surface area contributed by atoms with Gasteiger partial charge < -0.3 is 4.42 Å². The molecule has 8 nitrogen and oxygen atoms in total. The monoisotopic (exact) mass is 226 g/mol. The molecule has 0 saturated carbocycles. The molecule has 8 heteroatoms. The van der Waals surface area contributed by atoms with Crippen molar-refractivity contribution in [3.8, 4) is 0 Å². The largest absolute Gasteiger partial charge is 0.433 e. The lowest BCUT2D eigenvalue weighted by atomic mass is 10.4. The van der Waals surface area contributed by atoms with Gasteiger partial charge in [-0.05, 0) is 6.07 Å². The number of amides is 2. The number of carbonyl (C=O) groups is 2. The van der Waals surface area contributed by atoms with E-state index in [1.54, 1.807) is 0 Å². The first-order chi connectivity index (χ1) is 7.59. The fraction of sp³-hybridized carbons (Fsp3) is 0.250. The molecule has 0 bridgehead atoms. The minimum atomic E-state index is -0.837. The van der Waals surface area contributed by atoms with Crippen LogP contribution in [0.3, 0.4) is 0 Å². The average Bonchev–Trinajstić information content (AvgIpc) is 2.84. The Hall–Kier alpha value is -2.22. The number of rotatable bonds is 2. The Morgan fingerprint density at radius 3 is 2.75 bits per heavy atom. The summed E-state index contributed by atoms with van der Waals surface area (Å²) >= 11 is 0. The summed E-state index contributed by atoms with van der Waals surface area (Å²) in [6.45, 7) is 0.118. The maximum absolute atomic E-state index is 11.6. The Labute approximate surface area is 88.5 Å². The van der Waals surface area contributed by atoms with Crippen LogP contribution >= 0.6 is 0 Å². The van der Waals surface area contributed by atoms with Crippen LogP contribution in [0.1, 0.15) is 17.0 Å². The summed E-state index contributed by atoms with van der Waals surface area (Å²) in [4.78, 5) is 37.0. The Bertz CT molecular complexity index is 465. The Morgan fingerprint density at radius 1 is 1.50 bits per heavy atom. The number of hydrogen-bond donors (Lipinski definition) is 0. The topological polar surface area (TPSA) is 103 Å². The predicted octanol–water partition coefficient (Wildman–Crippen LogP) is 0.492. The number of furan rings is 1. The Morgan fingerprint density at radius 2 is 2.25 bits per heavy atom. The molecule has 84 valence electrons. The molecule has 1 aliphatic rings. The average molecular weight is 226 g/mol. The Balaban J connectivity index is 2.20. The van der Waals surface area contributed by atoms with Crippen molar-refractivity contribution in [2.75, 3.05) is 6.61 Å². The van der Waals surface area contributed by atoms with E-state index in [1.165, 1.54) is 0 Å². The van der Waals surface area contributed by atoms with Crippen LogP contribution in [-0.4, -0.2) is 28.4 Å². The minimum absolute atomic E-state index is 0.106. The highest BCUT2D eigenvalue weighted by atomic mass is 16.7. The van der Waals surface area contributed by atoms with Crippen LogP contribution in [0, 0.1) is 10.1 Å². The van der Waals surface area contributed by atoms with Gasteiger partial charge in [0.25, 0.3) is 5.91 Å². The third-order valence-corrected chi connectivity index (χ3v) is 1.93. The molecule has 0 atom stereocenters. The van der Waals surface area contributed by atoms with E-state index in [-0.39, 0.29) is 18.8 Å². The highest BCUT2D eigenvalue weighted by molar-refractivity contribution is 6.02. The van der Waals surface area contributed by atoms with E-state index >= 15 is 0 Å². The van der Waals surface area contributed by atoms with E-state index in [0.29, 0.717) is 5.06 Å². The maximum Gasteiger partial charge on any atom is 0.433 e. The molecule has 2 heterocycles. The van der Waals surface area contributed by atoms with E-state index in [9.17, 15) is 19.7 Å². The molecular formula is C8H6N2O6. The van der Waals surface area contributed by atoms with Gasteiger partial charge in [-0.2, -0.15) is 0 Å². The molecule has 1 saturated heterocycles. The lowest BCUT2D eigenvalue weighted by molar-refractivity contribution is -0.402. The highest BCUT2D eigenvalue weighted by Crippen LogP contribution is 2.19. The number of carbonyl (C=O) groups excluding carboxylic acids is 2. The quantitative estimate of drug-likeness (QED) is 0.413. The zero-order valence-electron chi connectivity index (χ0n) is 7.91. The van der Waals surface area contributed by atoms with Gasteiger partial charge in [-0.3, -0.25) is 24.5 Å². The summed E-state index contributed by atoms with van der Waals surface area (Å²) in [6.07, 6.45) is 0.106. The van der Waals surface area contributed by atoms with Crippen molar-refractivity contribution in [2.45, 2.75) is 6.42 Å². The van der Waals surface area contributed by atoms with Crippen molar-refractivity contribution >= 4 is 17.7 Å². The van der Waals surface area contributed by atoms with Crippen molar-refractivity contribution in [1.82, 2.24) is 5.06 Å². The number of hydrogen-bond acceptors (Lipinski definition) is 6. The zero-order chi connectivity index (χ0) is 11.7. The summed E-state index contributed by atoms with van der Waals surface area (Å²) in [5, 5.41) is 10.9.